The molecule has 0 saturated heterocycles. The van der Waals surface area contributed by atoms with Crippen LogP contribution in [0.25, 0.3) is 16.8 Å². The number of nitrogens with zero attached hydrogens (tertiary/aromatic N) is 4. The number of unbranched alkanes of at least 4 members (excludes halogenated alkanes) is 1. The molecule has 4 rings (SSSR count). The number of benzene rings is 1. The Morgan fingerprint density at radius 1 is 1.18 bits per heavy atom. The van der Waals surface area contributed by atoms with Crippen LogP contribution >= 0.6 is 0 Å². The topological polar surface area (TPSA) is 107 Å². The van der Waals surface area contributed by atoms with Crippen molar-refractivity contribution >= 4 is 23.1 Å². The Hall–Kier alpha value is -4.01. The molecular weight excluding hydrogens is 483 g/mol. The van der Waals surface area contributed by atoms with E-state index >= 15 is 4.39 Å². The van der Waals surface area contributed by atoms with E-state index in [1.54, 1.807) is 37.5 Å². The van der Waals surface area contributed by atoms with E-state index in [0.29, 0.717) is 22.9 Å². The number of nitrogens with two attached hydrogens (primary N) is 1. The number of halogens is 1. The summed E-state index contributed by atoms with van der Waals surface area (Å²) >= 11 is 0. The predicted molar refractivity (Wildman–Crippen MR) is 148 cm³/mol. The zero-order valence-corrected chi connectivity index (χ0v) is 22.4. The van der Waals surface area contributed by atoms with Gasteiger partial charge >= 0.3 is 0 Å². The lowest BCUT2D eigenvalue weighted by atomic mass is 9.91. The van der Waals surface area contributed by atoms with E-state index in [-0.39, 0.29) is 35.2 Å². The Morgan fingerprint density at radius 2 is 2.00 bits per heavy atom. The van der Waals surface area contributed by atoms with Gasteiger partial charge in [0.05, 0.1) is 12.2 Å². The lowest BCUT2D eigenvalue weighted by molar-refractivity contribution is 0.102. The van der Waals surface area contributed by atoms with Gasteiger partial charge in [-0.25, -0.2) is 19.3 Å². The molecule has 0 spiro atoms. The molecule has 3 heterocycles. The minimum Gasteiger partial charge on any atom is -0.493 e. The first kappa shape index (κ1) is 27.0. The van der Waals surface area contributed by atoms with E-state index in [1.807, 2.05) is 10.6 Å². The first-order valence-electron chi connectivity index (χ1n) is 13.1. The molecule has 4 aromatic rings. The van der Waals surface area contributed by atoms with Crippen molar-refractivity contribution < 1.29 is 13.9 Å². The Morgan fingerprint density at radius 3 is 2.68 bits per heavy atom. The fourth-order valence-electron chi connectivity index (χ4n) is 4.76. The van der Waals surface area contributed by atoms with Crippen molar-refractivity contribution in [3.05, 3.63) is 66.1 Å². The van der Waals surface area contributed by atoms with Gasteiger partial charge in [-0.3, -0.25) is 9.20 Å². The number of fused-ring (bicyclic) bond motifs is 1. The van der Waals surface area contributed by atoms with Crippen LogP contribution in [0.3, 0.4) is 0 Å². The van der Waals surface area contributed by atoms with E-state index in [9.17, 15) is 4.79 Å². The summed E-state index contributed by atoms with van der Waals surface area (Å²) in [6.07, 6.45) is 9.05. The molecule has 1 unspecified atom stereocenters. The molecule has 9 heteroatoms. The molecule has 8 nitrogen and oxygen atoms in total. The van der Waals surface area contributed by atoms with Crippen LogP contribution in [0, 0.1) is 11.7 Å². The van der Waals surface area contributed by atoms with Crippen molar-refractivity contribution in [2.75, 3.05) is 17.7 Å². The monoisotopic (exact) mass is 518 g/mol. The number of nitrogens with one attached hydrogen (secondary N) is 1. The highest BCUT2D eigenvalue weighted by atomic mass is 19.1. The standard InChI is InChI=1S/C29H35FN6O2/c1-5-7-10-19(15-18(3)4)28-35-25(26-27(31)33-13-14-36(26)28)24-21(30)16-20(17-22(24)38-6-2)29(37)34-23-11-8-9-12-32-23/h8-9,11-14,16-19H,5-7,10,15H2,1-4H3,(H2,31,33)(H,32,34,37). The Balaban J connectivity index is 1.86. The third kappa shape index (κ3) is 5.77. The van der Waals surface area contributed by atoms with Gasteiger partial charge in [-0.2, -0.15) is 0 Å². The van der Waals surface area contributed by atoms with Crippen molar-refractivity contribution in [1.29, 1.82) is 0 Å². The normalized spacial score (nSPS) is 12.2. The zero-order valence-electron chi connectivity index (χ0n) is 22.4. The van der Waals surface area contributed by atoms with E-state index < -0.39 is 11.7 Å². The number of anilines is 2. The highest BCUT2D eigenvalue weighted by molar-refractivity contribution is 6.04. The predicted octanol–water partition coefficient (Wildman–Crippen LogP) is 6.48. The Labute approximate surface area is 222 Å². The van der Waals surface area contributed by atoms with Gasteiger partial charge in [0.1, 0.15) is 40.2 Å². The van der Waals surface area contributed by atoms with Crippen LogP contribution in [-0.4, -0.2) is 31.9 Å². The van der Waals surface area contributed by atoms with Gasteiger partial charge in [0.25, 0.3) is 5.91 Å². The summed E-state index contributed by atoms with van der Waals surface area (Å²) in [7, 11) is 0. The van der Waals surface area contributed by atoms with Crippen LogP contribution in [0.15, 0.2) is 48.9 Å². The second-order valence-electron chi connectivity index (χ2n) is 9.75. The highest BCUT2D eigenvalue weighted by Crippen LogP contribution is 2.40. The minimum atomic E-state index is -0.633. The molecule has 0 radical (unpaired) electrons. The molecule has 1 atom stereocenters. The number of aromatic nitrogens is 4. The molecule has 0 fully saturated rings. The maximum Gasteiger partial charge on any atom is 0.257 e. The molecule has 1 aromatic carbocycles. The first-order valence-corrected chi connectivity index (χ1v) is 13.1. The number of ether oxygens (including phenoxy) is 1. The summed E-state index contributed by atoms with van der Waals surface area (Å²) in [4.78, 5) is 26.3. The van der Waals surface area contributed by atoms with Crippen LogP contribution in [-0.2, 0) is 0 Å². The lowest BCUT2D eigenvalue weighted by Crippen LogP contribution is -2.14. The van der Waals surface area contributed by atoms with Crippen LogP contribution in [0.1, 0.15) is 75.5 Å². The molecule has 0 aliphatic rings. The second-order valence-corrected chi connectivity index (χ2v) is 9.75. The number of pyridine rings is 1. The van der Waals surface area contributed by atoms with Crippen molar-refractivity contribution in [1.82, 2.24) is 19.4 Å². The summed E-state index contributed by atoms with van der Waals surface area (Å²) in [6.45, 7) is 8.62. The molecule has 0 bridgehead atoms. The van der Waals surface area contributed by atoms with Crippen LogP contribution in [0.4, 0.5) is 16.0 Å². The molecule has 0 saturated carbocycles. The SMILES string of the molecule is CCCCC(CC(C)C)c1nc(-c2c(F)cc(C(=O)Nc3ccccn3)cc2OCC)c2c(N)nccn12. The van der Waals surface area contributed by atoms with Gasteiger partial charge in [0.15, 0.2) is 0 Å². The lowest BCUT2D eigenvalue weighted by Gasteiger charge is -2.18. The average molecular weight is 519 g/mol. The molecule has 0 aliphatic heterocycles. The summed E-state index contributed by atoms with van der Waals surface area (Å²) in [5, 5.41) is 2.69. The highest BCUT2D eigenvalue weighted by Gasteiger charge is 2.27. The smallest absolute Gasteiger partial charge is 0.257 e. The fourth-order valence-corrected chi connectivity index (χ4v) is 4.76. The number of carbonyl (C=O) groups is 1. The van der Waals surface area contributed by atoms with Gasteiger partial charge in [-0.1, -0.05) is 39.7 Å². The van der Waals surface area contributed by atoms with Crippen molar-refractivity contribution in [3.8, 4) is 17.0 Å². The molecular formula is C29H35FN6O2. The molecule has 38 heavy (non-hydrogen) atoms. The Bertz CT molecular complexity index is 1400. The molecule has 3 N–H and O–H groups in total. The number of carbonyl (C=O) groups excluding carboxylic acids is 1. The number of amides is 1. The number of imidazole rings is 1. The maximum atomic E-state index is 15.9. The van der Waals surface area contributed by atoms with Crippen LogP contribution in [0.2, 0.25) is 0 Å². The summed E-state index contributed by atoms with van der Waals surface area (Å²) < 4.78 is 23.7. The van der Waals surface area contributed by atoms with Gasteiger partial charge in [0, 0.05) is 30.1 Å². The van der Waals surface area contributed by atoms with Crippen molar-refractivity contribution in [3.63, 3.8) is 0 Å². The van der Waals surface area contributed by atoms with Gasteiger partial charge in [-0.05, 0) is 49.9 Å². The molecule has 200 valence electrons. The number of hydrogen-bond acceptors (Lipinski definition) is 6. The van der Waals surface area contributed by atoms with Gasteiger partial charge in [0.2, 0.25) is 0 Å². The van der Waals surface area contributed by atoms with Crippen molar-refractivity contribution in [2.24, 2.45) is 5.92 Å². The average Bonchev–Trinajstić information content (AvgIpc) is 3.27. The molecule has 3 aromatic heterocycles. The second kappa shape index (κ2) is 12.0. The molecule has 1 amide bonds. The minimum absolute atomic E-state index is 0.107. The largest absolute Gasteiger partial charge is 0.493 e. The number of hydrogen-bond donors (Lipinski definition) is 2. The molecule has 0 aliphatic carbocycles. The summed E-state index contributed by atoms with van der Waals surface area (Å²) in [6, 6.07) is 7.88. The summed E-state index contributed by atoms with van der Waals surface area (Å²) in [5.74, 6) is 1.15. The number of nitrogen functional groups attached to an aromatic ring is 1. The van der Waals surface area contributed by atoms with E-state index in [0.717, 1.165) is 31.5 Å². The van der Waals surface area contributed by atoms with E-state index in [4.69, 9.17) is 15.5 Å². The van der Waals surface area contributed by atoms with E-state index in [2.05, 4.69) is 36.1 Å². The Kier molecular flexibility index (Phi) is 8.55. The van der Waals surface area contributed by atoms with Crippen molar-refractivity contribution in [2.45, 2.75) is 59.3 Å². The third-order valence-corrected chi connectivity index (χ3v) is 6.40. The van der Waals surface area contributed by atoms with Gasteiger partial charge in [-0.15, -0.1) is 0 Å². The number of rotatable bonds is 11. The van der Waals surface area contributed by atoms with Crippen LogP contribution < -0.4 is 15.8 Å². The first-order chi connectivity index (χ1) is 18.3. The third-order valence-electron chi connectivity index (χ3n) is 6.40. The maximum absolute atomic E-state index is 15.9. The van der Waals surface area contributed by atoms with E-state index in [1.165, 1.54) is 12.1 Å². The quantitative estimate of drug-likeness (QED) is 0.235. The fraction of sp³-hybridized carbons (Fsp3) is 0.379. The zero-order chi connectivity index (χ0) is 27.2. The van der Waals surface area contributed by atoms with Crippen LogP contribution in [0.5, 0.6) is 5.75 Å². The van der Waals surface area contributed by atoms with Gasteiger partial charge < -0.3 is 15.8 Å². The summed E-state index contributed by atoms with van der Waals surface area (Å²) in [5.41, 5.74) is 7.49.